The van der Waals surface area contributed by atoms with Gasteiger partial charge in [0.05, 0.1) is 5.56 Å². The normalized spacial score (nSPS) is 19.9. The average molecular weight is 408 g/mol. The third-order valence-electron chi connectivity index (χ3n) is 6.45. The van der Waals surface area contributed by atoms with Crippen molar-refractivity contribution in [2.24, 2.45) is 0 Å². The second-order valence-corrected chi connectivity index (χ2v) is 8.69. The SMILES string of the molecule is CC1(F)CCN(C(=O)c2cnc3c(c2)CCCN3c2ccc3c(c2)CNC3=O)CC1. The Balaban J connectivity index is 1.40. The number of aromatic nitrogens is 1. The summed E-state index contributed by atoms with van der Waals surface area (Å²) in [7, 11) is 0. The molecule has 2 aromatic rings. The van der Waals surface area contributed by atoms with Crippen LogP contribution in [0.25, 0.3) is 0 Å². The Kier molecular flexibility index (Phi) is 4.49. The number of rotatable bonds is 2. The Labute approximate surface area is 175 Å². The molecule has 7 heteroatoms. The Morgan fingerprint density at radius 2 is 1.97 bits per heavy atom. The fourth-order valence-corrected chi connectivity index (χ4v) is 4.58. The third kappa shape index (κ3) is 3.32. The summed E-state index contributed by atoms with van der Waals surface area (Å²) in [6, 6.07) is 7.82. The van der Waals surface area contributed by atoms with Gasteiger partial charge in [-0.3, -0.25) is 9.59 Å². The molecular weight excluding hydrogens is 383 g/mol. The van der Waals surface area contributed by atoms with Crippen LogP contribution >= 0.6 is 0 Å². The topological polar surface area (TPSA) is 65.5 Å². The summed E-state index contributed by atoms with van der Waals surface area (Å²) in [6.07, 6.45) is 4.22. The van der Waals surface area contributed by atoms with Crippen LogP contribution < -0.4 is 10.2 Å². The second-order valence-electron chi connectivity index (χ2n) is 8.69. The summed E-state index contributed by atoms with van der Waals surface area (Å²) in [5.41, 5.74) is 3.19. The van der Waals surface area contributed by atoms with Crippen LogP contribution in [-0.2, 0) is 13.0 Å². The van der Waals surface area contributed by atoms with E-state index < -0.39 is 5.67 Å². The molecule has 1 aromatic heterocycles. The first-order valence-electron chi connectivity index (χ1n) is 10.6. The molecule has 0 aliphatic carbocycles. The number of benzene rings is 1. The first-order chi connectivity index (χ1) is 14.4. The van der Waals surface area contributed by atoms with Gasteiger partial charge >= 0.3 is 0 Å². The zero-order chi connectivity index (χ0) is 20.9. The van der Waals surface area contributed by atoms with Crippen LogP contribution in [-0.4, -0.2) is 47.0 Å². The van der Waals surface area contributed by atoms with E-state index in [0.29, 0.717) is 38.0 Å². The van der Waals surface area contributed by atoms with Gasteiger partial charge in [-0.25, -0.2) is 9.37 Å². The van der Waals surface area contributed by atoms with E-state index in [0.717, 1.165) is 47.6 Å². The van der Waals surface area contributed by atoms with E-state index in [2.05, 4.69) is 15.2 Å². The average Bonchev–Trinajstić information content (AvgIpc) is 3.12. The first-order valence-corrected chi connectivity index (χ1v) is 10.6. The molecule has 0 bridgehead atoms. The van der Waals surface area contributed by atoms with Crippen LogP contribution in [0.3, 0.4) is 0 Å². The Morgan fingerprint density at radius 1 is 1.17 bits per heavy atom. The van der Waals surface area contributed by atoms with Crippen LogP contribution in [0.1, 0.15) is 58.0 Å². The minimum absolute atomic E-state index is 0.0253. The van der Waals surface area contributed by atoms with Crippen molar-refractivity contribution >= 4 is 23.3 Å². The third-order valence-corrected chi connectivity index (χ3v) is 6.45. The summed E-state index contributed by atoms with van der Waals surface area (Å²) in [5, 5.41) is 2.85. The molecule has 4 heterocycles. The predicted octanol–water partition coefficient (Wildman–Crippen LogP) is 3.37. The highest BCUT2D eigenvalue weighted by atomic mass is 19.1. The van der Waals surface area contributed by atoms with Crippen LogP contribution in [0.5, 0.6) is 0 Å². The van der Waals surface area contributed by atoms with Gasteiger partial charge in [-0.2, -0.15) is 0 Å². The molecule has 0 radical (unpaired) electrons. The Morgan fingerprint density at radius 3 is 2.77 bits per heavy atom. The number of alkyl halides is 1. The number of nitrogens with one attached hydrogen (secondary N) is 1. The first kappa shape index (κ1) is 19.0. The van der Waals surface area contributed by atoms with Gasteiger partial charge < -0.3 is 15.1 Å². The number of fused-ring (bicyclic) bond motifs is 2. The van der Waals surface area contributed by atoms with Gasteiger partial charge in [0.1, 0.15) is 11.5 Å². The van der Waals surface area contributed by atoms with Crippen molar-refractivity contribution in [3.8, 4) is 0 Å². The number of halogens is 1. The molecule has 0 saturated carbocycles. The van der Waals surface area contributed by atoms with Gasteiger partial charge in [0, 0.05) is 43.6 Å². The van der Waals surface area contributed by atoms with E-state index in [1.165, 1.54) is 0 Å². The summed E-state index contributed by atoms with van der Waals surface area (Å²) in [5.74, 6) is 0.771. The maximum absolute atomic E-state index is 14.1. The van der Waals surface area contributed by atoms with Crippen molar-refractivity contribution in [3.63, 3.8) is 0 Å². The number of piperidine rings is 1. The van der Waals surface area contributed by atoms with Crippen molar-refractivity contribution in [3.05, 3.63) is 52.7 Å². The number of hydrogen-bond acceptors (Lipinski definition) is 4. The number of anilines is 2. The summed E-state index contributed by atoms with van der Waals surface area (Å²) in [6.45, 7) is 3.88. The molecule has 0 spiro atoms. The monoisotopic (exact) mass is 408 g/mol. The molecule has 1 fully saturated rings. The number of carbonyl (C=O) groups excluding carboxylic acids is 2. The van der Waals surface area contributed by atoms with E-state index in [-0.39, 0.29) is 11.8 Å². The lowest BCUT2D eigenvalue weighted by Crippen LogP contribution is -2.43. The van der Waals surface area contributed by atoms with Crippen molar-refractivity contribution in [1.82, 2.24) is 15.2 Å². The number of likely N-dealkylation sites (tertiary alicyclic amines) is 1. The highest BCUT2D eigenvalue weighted by Crippen LogP contribution is 2.34. The van der Waals surface area contributed by atoms with Crippen LogP contribution in [0.15, 0.2) is 30.5 Å². The number of nitrogens with zero attached hydrogens (tertiary/aromatic N) is 3. The van der Waals surface area contributed by atoms with Gasteiger partial charge in [0.25, 0.3) is 11.8 Å². The standard InChI is InChI=1S/C23H25FN4O2/c1-23(24)6-9-27(10-7-23)22(30)17-11-15-3-2-8-28(20(15)25-14-17)18-4-5-19-16(12-18)13-26-21(19)29/h4-5,11-12,14H,2-3,6-10,13H2,1H3,(H,26,29). The van der Waals surface area contributed by atoms with Crippen LogP contribution in [0.2, 0.25) is 0 Å². The van der Waals surface area contributed by atoms with E-state index in [1.807, 2.05) is 24.3 Å². The molecule has 2 amide bonds. The fourth-order valence-electron chi connectivity index (χ4n) is 4.58. The molecule has 5 rings (SSSR count). The van der Waals surface area contributed by atoms with Crippen LogP contribution in [0.4, 0.5) is 15.9 Å². The van der Waals surface area contributed by atoms with Crippen molar-refractivity contribution in [2.75, 3.05) is 24.5 Å². The Hall–Kier alpha value is -2.96. The van der Waals surface area contributed by atoms with E-state index in [1.54, 1.807) is 18.0 Å². The minimum atomic E-state index is -1.18. The van der Waals surface area contributed by atoms with Crippen LogP contribution in [0, 0.1) is 0 Å². The lowest BCUT2D eigenvalue weighted by atomic mass is 9.95. The Bertz CT molecular complexity index is 1030. The molecule has 156 valence electrons. The maximum Gasteiger partial charge on any atom is 0.255 e. The molecule has 3 aliphatic rings. The van der Waals surface area contributed by atoms with Crippen molar-refractivity contribution in [1.29, 1.82) is 0 Å². The highest BCUT2D eigenvalue weighted by Gasteiger charge is 2.32. The molecular formula is C23H25FN4O2. The van der Waals surface area contributed by atoms with Crippen molar-refractivity contribution < 1.29 is 14.0 Å². The molecule has 1 N–H and O–H groups in total. The smallest absolute Gasteiger partial charge is 0.255 e. The number of amides is 2. The number of aryl methyl sites for hydroxylation is 1. The van der Waals surface area contributed by atoms with E-state index >= 15 is 0 Å². The molecule has 30 heavy (non-hydrogen) atoms. The zero-order valence-electron chi connectivity index (χ0n) is 17.1. The van der Waals surface area contributed by atoms with Gasteiger partial charge in [-0.1, -0.05) is 0 Å². The number of carbonyl (C=O) groups is 2. The van der Waals surface area contributed by atoms with E-state index in [9.17, 15) is 14.0 Å². The van der Waals surface area contributed by atoms with Gasteiger partial charge in [0.15, 0.2) is 0 Å². The quantitative estimate of drug-likeness (QED) is 0.828. The molecule has 1 saturated heterocycles. The molecule has 1 aromatic carbocycles. The predicted molar refractivity (Wildman–Crippen MR) is 112 cm³/mol. The number of pyridine rings is 1. The molecule has 0 atom stereocenters. The molecule has 3 aliphatic heterocycles. The van der Waals surface area contributed by atoms with E-state index in [4.69, 9.17) is 0 Å². The van der Waals surface area contributed by atoms with Gasteiger partial charge in [0.2, 0.25) is 0 Å². The summed E-state index contributed by atoms with van der Waals surface area (Å²) < 4.78 is 14.1. The summed E-state index contributed by atoms with van der Waals surface area (Å²) >= 11 is 0. The van der Waals surface area contributed by atoms with Gasteiger partial charge in [-0.05, 0) is 68.0 Å². The number of hydrogen-bond donors (Lipinski definition) is 1. The highest BCUT2D eigenvalue weighted by molar-refractivity contribution is 5.99. The second kappa shape index (κ2) is 7.07. The largest absolute Gasteiger partial charge is 0.348 e. The fraction of sp³-hybridized carbons (Fsp3) is 0.435. The van der Waals surface area contributed by atoms with Crippen molar-refractivity contribution in [2.45, 2.75) is 44.8 Å². The molecule has 0 unspecified atom stereocenters. The zero-order valence-corrected chi connectivity index (χ0v) is 17.1. The van der Waals surface area contributed by atoms with Gasteiger partial charge in [-0.15, -0.1) is 0 Å². The lowest BCUT2D eigenvalue weighted by Gasteiger charge is -2.34. The lowest BCUT2D eigenvalue weighted by molar-refractivity contribution is 0.0503. The molecule has 6 nitrogen and oxygen atoms in total. The summed E-state index contributed by atoms with van der Waals surface area (Å²) in [4.78, 5) is 33.3. The minimum Gasteiger partial charge on any atom is -0.348 e. The maximum atomic E-state index is 14.1.